The molecular formula is C29H32ClN3O7S. The molecule has 0 aromatic heterocycles. The molecule has 218 valence electrons. The van der Waals surface area contributed by atoms with Gasteiger partial charge in [-0.1, -0.05) is 54.1 Å². The van der Waals surface area contributed by atoms with Gasteiger partial charge in [-0.15, -0.1) is 0 Å². The summed E-state index contributed by atoms with van der Waals surface area (Å²) >= 11 is 6.04. The molecule has 3 aromatic rings. The Labute approximate surface area is 244 Å². The lowest BCUT2D eigenvalue weighted by Gasteiger charge is -2.31. The highest BCUT2D eigenvalue weighted by Crippen LogP contribution is 2.26. The van der Waals surface area contributed by atoms with Gasteiger partial charge in [0.2, 0.25) is 15.9 Å². The zero-order valence-corrected chi connectivity index (χ0v) is 23.9. The van der Waals surface area contributed by atoms with Crippen LogP contribution in [0.4, 0.5) is 0 Å². The highest BCUT2D eigenvalue weighted by Gasteiger charge is 2.32. The summed E-state index contributed by atoms with van der Waals surface area (Å²) in [7, 11) is -3.67. The second-order valence-corrected chi connectivity index (χ2v) is 11.6. The first-order valence-electron chi connectivity index (χ1n) is 13.1. The van der Waals surface area contributed by atoms with Crippen LogP contribution in [-0.4, -0.2) is 80.6 Å². The molecule has 3 aromatic carbocycles. The summed E-state index contributed by atoms with van der Waals surface area (Å²) in [6, 6.07) is 20.6. The Hall–Kier alpha value is -3.48. The number of rotatable bonds is 12. The fourth-order valence-electron chi connectivity index (χ4n) is 4.37. The van der Waals surface area contributed by atoms with Crippen molar-refractivity contribution >= 4 is 33.4 Å². The second kappa shape index (κ2) is 14.4. The molecule has 1 saturated heterocycles. The minimum absolute atomic E-state index is 0.0291. The molecule has 41 heavy (non-hydrogen) atoms. The number of nitrogens with zero attached hydrogens (tertiary/aromatic N) is 2. The number of carbonyl (C=O) groups is 2. The van der Waals surface area contributed by atoms with Crippen molar-refractivity contribution in [3.8, 4) is 5.75 Å². The van der Waals surface area contributed by atoms with Crippen molar-refractivity contribution in [2.75, 3.05) is 46.1 Å². The zero-order valence-electron chi connectivity index (χ0n) is 22.3. The maximum Gasteiger partial charge on any atom is 0.261 e. The number of sulfonamides is 1. The molecule has 12 heteroatoms. The Bertz CT molecular complexity index is 1400. The molecule has 1 aliphatic rings. The number of hydrogen-bond acceptors (Lipinski definition) is 7. The molecule has 1 atom stereocenters. The number of hydrogen-bond donors (Lipinski definition) is 2. The van der Waals surface area contributed by atoms with E-state index in [-0.39, 0.29) is 37.7 Å². The van der Waals surface area contributed by atoms with Gasteiger partial charge in [0.25, 0.3) is 5.91 Å². The molecule has 0 aliphatic carbocycles. The summed E-state index contributed by atoms with van der Waals surface area (Å²) in [5, 5.41) is 12.5. The predicted octanol–water partition coefficient (Wildman–Crippen LogP) is 2.62. The van der Waals surface area contributed by atoms with Crippen molar-refractivity contribution in [2.45, 2.75) is 17.5 Å². The van der Waals surface area contributed by atoms with Gasteiger partial charge in [-0.25, -0.2) is 8.42 Å². The van der Waals surface area contributed by atoms with E-state index in [1.807, 2.05) is 6.07 Å². The Morgan fingerprint density at radius 2 is 1.66 bits per heavy atom. The summed E-state index contributed by atoms with van der Waals surface area (Å²) in [6.07, 6.45) is 0. The summed E-state index contributed by atoms with van der Waals surface area (Å²) < 4.78 is 38.2. The zero-order chi connectivity index (χ0) is 29.2. The molecule has 10 nitrogen and oxygen atoms in total. The fourth-order valence-corrected chi connectivity index (χ4v) is 5.90. The lowest BCUT2D eigenvalue weighted by molar-refractivity contribution is -0.143. The van der Waals surface area contributed by atoms with E-state index in [0.29, 0.717) is 29.5 Å². The molecule has 4 rings (SSSR count). The molecule has 1 aliphatic heterocycles. The lowest BCUT2D eigenvalue weighted by Crippen LogP contribution is -2.45. The summed E-state index contributed by atoms with van der Waals surface area (Å²) in [5.74, 6) is -0.630. The first kappa shape index (κ1) is 30.5. The van der Waals surface area contributed by atoms with E-state index in [2.05, 4.69) is 5.32 Å². The molecule has 0 bridgehead atoms. The van der Waals surface area contributed by atoms with Crippen LogP contribution in [-0.2, 0) is 30.9 Å². The Morgan fingerprint density at radius 1 is 1.00 bits per heavy atom. The number of halogens is 1. The number of morpholine rings is 1. The number of benzene rings is 3. The standard InChI is InChI=1S/C29H32ClN3O7S/c30-24-8-6-22(7-9-24)20-33(28(29(36)31-14-17-34)23-4-2-1-3-5-23)27(35)21-40-25-10-12-26(13-11-25)41(37,38)32-15-18-39-19-16-32/h1-13,28,34H,14-21H2,(H,31,36)/t28-/m0/s1. The van der Waals surface area contributed by atoms with E-state index in [1.165, 1.54) is 33.5 Å². The third kappa shape index (κ3) is 8.05. The highest BCUT2D eigenvalue weighted by molar-refractivity contribution is 7.89. The maximum absolute atomic E-state index is 13.6. The summed E-state index contributed by atoms with van der Waals surface area (Å²) in [4.78, 5) is 28.4. The number of aliphatic hydroxyl groups excluding tert-OH is 1. The number of carbonyl (C=O) groups excluding carboxylic acids is 2. The molecule has 0 radical (unpaired) electrons. The normalized spacial score (nSPS) is 14.7. The molecule has 2 N–H and O–H groups in total. The van der Waals surface area contributed by atoms with E-state index < -0.39 is 34.5 Å². The van der Waals surface area contributed by atoms with Gasteiger partial charge in [0.15, 0.2) is 6.61 Å². The molecule has 1 heterocycles. The second-order valence-electron chi connectivity index (χ2n) is 9.25. The molecule has 2 amide bonds. The van der Waals surface area contributed by atoms with Crippen molar-refractivity contribution < 1.29 is 32.6 Å². The number of ether oxygens (including phenoxy) is 2. The minimum atomic E-state index is -3.67. The van der Waals surface area contributed by atoms with Gasteiger partial charge in [-0.3, -0.25) is 9.59 Å². The maximum atomic E-state index is 13.6. The first-order chi connectivity index (χ1) is 19.8. The van der Waals surface area contributed by atoms with Crippen LogP contribution in [0.1, 0.15) is 17.2 Å². The van der Waals surface area contributed by atoms with Crippen LogP contribution in [0.2, 0.25) is 5.02 Å². The topological polar surface area (TPSA) is 125 Å². The smallest absolute Gasteiger partial charge is 0.261 e. The summed E-state index contributed by atoms with van der Waals surface area (Å²) in [5.41, 5.74) is 1.33. The average molecular weight is 602 g/mol. The van der Waals surface area contributed by atoms with Crippen LogP contribution < -0.4 is 10.1 Å². The lowest BCUT2D eigenvalue weighted by atomic mass is 10.0. The highest BCUT2D eigenvalue weighted by atomic mass is 35.5. The van der Waals surface area contributed by atoms with Gasteiger partial charge in [-0.2, -0.15) is 4.31 Å². The van der Waals surface area contributed by atoms with Crippen LogP contribution in [0, 0.1) is 0 Å². The van der Waals surface area contributed by atoms with Crippen LogP contribution in [0.5, 0.6) is 5.75 Å². The van der Waals surface area contributed by atoms with E-state index in [1.54, 1.807) is 48.5 Å². The van der Waals surface area contributed by atoms with E-state index in [9.17, 15) is 23.1 Å². The Balaban J connectivity index is 1.54. The van der Waals surface area contributed by atoms with Gasteiger partial charge in [0.1, 0.15) is 11.8 Å². The van der Waals surface area contributed by atoms with Crippen LogP contribution in [0.25, 0.3) is 0 Å². The van der Waals surface area contributed by atoms with E-state index >= 15 is 0 Å². The van der Waals surface area contributed by atoms with Crippen molar-refractivity contribution in [1.29, 1.82) is 0 Å². The average Bonchev–Trinajstić information content (AvgIpc) is 3.00. The number of aliphatic hydroxyl groups is 1. The fraction of sp³-hybridized carbons (Fsp3) is 0.310. The van der Waals surface area contributed by atoms with Crippen molar-refractivity contribution in [3.63, 3.8) is 0 Å². The molecule has 0 unspecified atom stereocenters. The van der Waals surface area contributed by atoms with Crippen LogP contribution >= 0.6 is 11.6 Å². The van der Waals surface area contributed by atoms with E-state index in [4.69, 9.17) is 21.1 Å². The van der Waals surface area contributed by atoms with Crippen LogP contribution in [0.3, 0.4) is 0 Å². The van der Waals surface area contributed by atoms with Gasteiger partial charge >= 0.3 is 0 Å². The Morgan fingerprint density at radius 3 is 2.29 bits per heavy atom. The van der Waals surface area contributed by atoms with E-state index in [0.717, 1.165) is 5.56 Å². The van der Waals surface area contributed by atoms with Gasteiger partial charge in [0.05, 0.1) is 24.7 Å². The number of nitrogens with one attached hydrogen (secondary N) is 1. The molecular weight excluding hydrogens is 570 g/mol. The third-order valence-electron chi connectivity index (χ3n) is 6.47. The van der Waals surface area contributed by atoms with Crippen molar-refractivity contribution in [1.82, 2.24) is 14.5 Å². The number of amides is 2. The van der Waals surface area contributed by atoms with Crippen LogP contribution in [0.15, 0.2) is 83.8 Å². The minimum Gasteiger partial charge on any atom is -0.484 e. The molecule has 1 fully saturated rings. The van der Waals surface area contributed by atoms with Crippen molar-refractivity contribution in [2.24, 2.45) is 0 Å². The third-order valence-corrected chi connectivity index (χ3v) is 8.63. The van der Waals surface area contributed by atoms with Crippen molar-refractivity contribution in [3.05, 3.63) is 95.0 Å². The molecule has 0 saturated carbocycles. The Kier molecular flexibility index (Phi) is 10.7. The quantitative estimate of drug-likeness (QED) is 0.327. The SMILES string of the molecule is O=C(NCCO)[C@H](c1ccccc1)N(Cc1ccc(Cl)cc1)C(=O)COc1ccc(S(=O)(=O)N2CCOCC2)cc1. The van der Waals surface area contributed by atoms with Gasteiger partial charge < -0.3 is 24.8 Å². The first-order valence-corrected chi connectivity index (χ1v) is 14.9. The van der Waals surface area contributed by atoms with Gasteiger partial charge in [-0.05, 0) is 47.5 Å². The van der Waals surface area contributed by atoms with Gasteiger partial charge in [0, 0.05) is 31.2 Å². The summed E-state index contributed by atoms with van der Waals surface area (Å²) in [6.45, 7) is 0.718. The predicted molar refractivity (Wildman–Crippen MR) is 153 cm³/mol. The monoisotopic (exact) mass is 601 g/mol. The largest absolute Gasteiger partial charge is 0.484 e. The molecule has 0 spiro atoms.